The topological polar surface area (TPSA) is 38.0 Å². The van der Waals surface area contributed by atoms with Gasteiger partial charge in [-0.25, -0.2) is 0 Å². The zero-order valence-electron chi connectivity index (χ0n) is 8.99. The van der Waals surface area contributed by atoms with Crippen molar-refractivity contribution in [3.05, 3.63) is 22.4 Å². The number of hydrogen-bond donors (Lipinski definition) is 2. The Morgan fingerprint density at radius 2 is 2.36 bits per heavy atom. The minimum absolute atomic E-state index is 0.411. The Hall–Kier alpha value is -0.380. The molecule has 14 heavy (non-hydrogen) atoms. The zero-order chi connectivity index (χ0) is 10.4. The molecule has 0 amide bonds. The van der Waals surface area contributed by atoms with Gasteiger partial charge >= 0.3 is 0 Å². The average molecular weight is 212 g/mol. The third kappa shape index (κ3) is 3.40. The molecule has 0 saturated carbocycles. The summed E-state index contributed by atoms with van der Waals surface area (Å²) in [4.78, 5) is 1.41. The molecule has 0 aliphatic heterocycles. The van der Waals surface area contributed by atoms with Crippen LogP contribution in [0.5, 0.6) is 0 Å². The molecule has 0 radical (unpaired) electrons. The summed E-state index contributed by atoms with van der Waals surface area (Å²) in [5.74, 6) is 6.22. The van der Waals surface area contributed by atoms with E-state index in [4.69, 9.17) is 5.84 Å². The molecule has 0 bridgehead atoms. The van der Waals surface area contributed by atoms with Gasteiger partial charge in [0.1, 0.15) is 0 Å². The molecule has 2 atom stereocenters. The molecule has 0 saturated heterocycles. The van der Waals surface area contributed by atoms with Crippen LogP contribution in [0.15, 0.2) is 17.5 Å². The van der Waals surface area contributed by atoms with Crippen molar-refractivity contribution >= 4 is 11.3 Å². The maximum atomic E-state index is 5.58. The normalized spacial score (nSPS) is 15.4. The number of nitrogens with two attached hydrogens (primary N) is 1. The summed E-state index contributed by atoms with van der Waals surface area (Å²) in [6.07, 6.45) is 3.51. The minimum atomic E-state index is 0.411. The molecule has 3 N–H and O–H groups in total. The van der Waals surface area contributed by atoms with Gasteiger partial charge in [0.2, 0.25) is 0 Å². The van der Waals surface area contributed by atoms with E-state index in [1.807, 2.05) is 0 Å². The highest BCUT2D eigenvalue weighted by atomic mass is 32.1. The van der Waals surface area contributed by atoms with Crippen LogP contribution in [0.4, 0.5) is 0 Å². The maximum absolute atomic E-state index is 5.58. The van der Waals surface area contributed by atoms with Crippen LogP contribution >= 0.6 is 11.3 Å². The van der Waals surface area contributed by atoms with Crippen molar-refractivity contribution in [1.29, 1.82) is 0 Å². The first kappa shape index (κ1) is 11.7. The molecular weight excluding hydrogens is 192 g/mol. The second kappa shape index (κ2) is 6.17. The van der Waals surface area contributed by atoms with Crippen LogP contribution in [0.1, 0.15) is 31.6 Å². The molecule has 3 heteroatoms. The third-order valence-corrected chi connectivity index (χ3v) is 3.54. The lowest BCUT2D eigenvalue weighted by molar-refractivity contribution is 0.358. The van der Waals surface area contributed by atoms with E-state index >= 15 is 0 Å². The van der Waals surface area contributed by atoms with E-state index in [1.165, 1.54) is 17.7 Å². The van der Waals surface area contributed by atoms with E-state index in [9.17, 15) is 0 Å². The monoisotopic (exact) mass is 212 g/mol. The molecule has 2 unspecified atom stereocenters. The highest BCUT2D eigenvalue weighted by molar-refractivity contribution is 7.09. The fourth-order valence-electron chi connectivity index (χ4n) is 1.73. The molecule has 80 valence electrons. The van der Waals surface area contributed by atoms with Crippen LogP contribution in [0.25, 0.3) is 0 Å². The lowest BCUT2D eigenvalue weighted by Crippen LogP contribution is -2.41. The van der Waals surface area contributed by atoms with Crippen molar-refractivity contribution in [2.24, 2.45) is 11.8 Å². The summed E-state index contributed by atoms with van der Waals surface area (Å²) in [7, 11) is 0. The predicted octanol–water partition coefficient (Wildman–Crippen LogP) is 2.56. The molecule has 0 aliphatic rings. The Balaban J connectivity index is 2.46. The van der Waals surface area contributed by atoms with E-state index in [0.717, 1.165) is 6.42 Å². The molecule has 2 nitrogen and oxygen atoms in total. The Morgan fingerprint density at radius 3 is 2.86 bits per heavy atom. The first-order valence-corrected chi connectivity index (χ1v) is 6.14. The number of nitrogens with one attached hydrogen (secondary N) is 1. The Morgan fingerprint density at radius 1 is 1.57 bits per heavy atom. The predicted molar refractivity (Wildman–Crippen MR) is 63.2 cm³/mol. The van der Waals surface area contributed by atoms with E-state index in [-0.39, 0.29) is 0 Å². The first-order valence-electron chi connectivity index (χ1n) is 5.26. The van der Waals surface area contributed by atoms with Gasteiger partial charge in [-0.15, -0.1) is 11.3 Å². The van der Waals surface area contributed by atoms with E-state index in [1.54, 1.807) is 11.3 Å². The number of hydrazine groups is 1. The largest absolute Gasteiger partial charge is 0.271 e. The van der Waals surface area contributed by atoms with Crippen LogP contribution < -0.4 is 11.3 Å². The second-order valence-electron chi connectivity index (χ2n) is 3.82. The van der Waals surface area contributed by atoms with Crippen molar-refractivity contribution < 1.29 is 0 Å². The van der Waals surface area contributed by atoms with E-state index in [0.29, 0.717) is 12.0 Å². The lowest BCUT2D eigenvalue weighted by atomic mass is 9.94. The lowest BCUT2D eigenvalue weighted by Gasteiger charge is -2.22. The zero-order valence-corrected chi connectivity index (χ0v) is 9.81. The summed E-state index contributed by atoms with van der Waals surface area (Å²) in [6, 6.07) is 4.68. The van der Waals surface area contributed by atoms with Crippen molar-refractivity contribution in [1.82, 2.24) is 5.43 Å². The Labute approximate surface area is 90.5 Å². The molecule has 1 rings (SSSR count). The molecule has 1 aromatic rings. The van der Waals surface area contributed by atoms with Crippen LogP contribution in [-0.2, 0) is 6.42 Å². The van der Waals surface area contributed by atoms with Crippen molar-refractivity contribution in [2.75, 3.05) is 0 Å². The summed E-state index contributed by atoms with van der Waals surface area (Å²) in [5, 5.41) is 2.12. The van der Waals surface area contributed by atoms with Gasteiger partial charge in [0.15, 0.2) is 0 Å². The maximum Gasteiger partial charge on any atom is 0.0284 e. The molecule has 1 heterocycles. The fraction of sp³-hybridized carbons (Fsp3) is 0.636. The average Bonchev–Trinajstić information content (AvgIpc) is 2.66. The van der Waals surface area contributed by atoms with E-state index in [2.05, 4.69) is 36.8 Å². The standard InChI is InChI=1S/C11H20N2S/c1-3-5-9(2)11(13-12)8-10-6-4-7-14-10/h4,6-7,9,11,13H,3,5,8,12H2,1-2H3. The summed E-state index contributed by atoms with van der Waals surface area (Å²) >= 11 is 1.81. The summed E-state index contributed by atoms with van der Waals surface area (Å²) in [5.41, 5.74) is 2.93. The van der Waals surface area contributed by atoms with Gasteiger partial charge in [-0.2, -0.15) is 0 Å². The van der Waals surface area contributed by atoms with Gasteiger partial charge in [-0.05, 0) is 30.2 Å². The molecule has 1 aromatic heterocycles. The Bertz CT molecular complexity index is 233. The van der Waals surface area contributed by atoms with Crippen LogP contribution in [0.2, 0.25) is 0 Å². The van der Waals surface area contributed by atoms with Crippen LogP contribution in [-0.4, -0.2) is 6.04 Å². The highest BCUT2D eigenvalue weighted by Crippen LogP contribution is 2.17. The molecule has 0 aliphatic carbocycles. The van der Waals surface area contributed by atoms with Gasteiger partial charge in [0.05, 0.1) is 0 Å². The smallest absolute Gasteiger partial charge is 0.0284 e. The summed E-state index contributed by atoms with van der Waals surface area (Å²) in [6.45, 7) is 4.48. The first-order chi connectivity index (χ1) is 6.77. The van der Waals surface area contributed by atoms with Crippen molar-refractivity contribution in [3.8, 4) is 0 Å². The van der Waals surface area contributed by atoms with Gasteiger partial charge in [-0.1, -0.05) is 26.3 Å². The van der Waals surface area contributed by atoms with Gasteiger partial charge in [-0.3, -0.25) is 11.3 Å². The van der Waals surface area contributed by atoms with E-state index < -0.39 is 0 Å². The third-order valence-electron chi connectivity index (χ3n) is 2.65. The van der Waals surface area contributed by atoms with Gasteiger partial charge < -0.3 is 0 Å². The highest BCUT2D eigenvalue weighted by Gasteiger charge is 2.15. The fourth-order valence-corrected chi connectivity index (χ4v) is 2.49. The minimum Gasteiger partial charge on any atom is -0.271 e. The van der Waals surface area contributed by atoms with Crippen molar-refractivity contribution in [2.45, 2.75) is 39.2 Å². The van der Waals surface area contributed by atoms with Gasteiger partial charge in [0, 0.05) is 10.9 Å². The Kier molecular flexibility index (Phi) is 5.15. The van der Waals surface area contributed by atoms with Crippen LogP contribution in [0.3, 0.4) is 0 Å². The molecule has 0 aromatic carbocycles. The number of rotatable bonds is 6. The molecule has 0 spiro atoms. The second-order valence-corrected chi connectivity index (χ2v) is 4.85. The summed E-state index contributed by atoms with van der Waals surface area (Å²) < 4.78 is 0. The van der Waals surface area contributed by atoms with Crippen molar-refractivity contribution in [3.63, 3.8) is 0 Å². The number of thiophene rings is 1. The van der Waals surface area contributed by atoms with Crippen LogP contribution in [0, 0.1) is 5.92 Å². The van der Waals surface area contributed by atoms with Gasteiger partial charge in [0.25, 0.3) is 0 Å². The number of hydrogen-bond acceptors (Lipinski definition) is 3. The molecular formula is C11H20N2S. The SMILES string of the molecule is CCCC(C)C(Cc1cccs1)NN. The quantitative estimate of drug-likeness (QED) is 0.562. The molecule has 0 fully saturated rings.